The molecule has 0 bridgehead atoms. The summed E-state index contributed by atoms with van der Waals surface area (Å²) in [6, 6.07) is 9.51. The highest BCUT2D eigenvalue weighted by Gasteiger charge is 2.43. The van der Waals surface area contributed by atoms with Crippen LogP contribution in [0.4, 0.5) is 4.39 Å². The molecule has 2 aromatic rings. The van der Waals surface area contributed by atoms with Crippen LogP contribution in [0.25, 0.3) is 0 Å². The summed E-state index contributed by atoms with van der Waals surface area (Å²) in [4.78, 5) is 6.33. The quantitative estimate of drug-likeness (QED) is 0.893. The van der Waals surface area contributed by atoms with Crippen molar-refractivity contribution in [2.24, 2.45) is 0 Å². The minimum atomic E-state index is -3.66. The van der Waals surface area contributed by atoms with Crippen molar-refractivity contribution >= 4 is 21.4 Å². The molecule has 0 radical (unpaired) electrons. The molecule has 1 N–H and O–H groups in total. The van der Waals surface area contributed by atoms with Gasteiger partial charge in [-0.2, -0.15) is 5.06 Å². The van der Waals surface area contributed by atoms with E-state index in [0.717, 1.165) is 4.88 Å². The Balaban J connectivity index is 1.78. The molecular formula is C15H17FN2O3S2. The van der Waals surface area contributed by atoms with E-state index in [4.69, 9.17) is 4.84 Å². The number of hydroxylamine groups is 2. The van der Waals surface area contributed by atoms with Crippen LogP contribution in [0.2, 0.25) is 0 Å². The molecule has 3 rings (SSSR count). The van der Waals surface area contributed by atoms with E-state index in [2.05, 4.69) is 4.72 Å². The molecule has 0 spiro atoms. The maximum absolute atomic E-state index is 13.6. The number of benzene rings is 1. The summed E-state index contributed by atoms with van der Waals surface area (Å²) in [6.45, 7) is -0.00193. The zero-order valence-electron chi connectivity index (χ0n) is 12.5. The molecule has 2 atom stereocenters. The Bertz CT molecular complexity index is 765. The molecule has 0 aliphatic carbocycles. The van der Waals surface area contributed by atoms with Gasteiger partial charge in [0.05, 0.1) is 12.6 Å². The molecule has 5 nitrogen and oxygen atoms in total. The summed E-state index contributed by atoms with van der Waals surface area (Å²) >= 11 is 1.49. The van der Waals surface area contributed by atoms with Gasteiger partial charge in [0.1, 0.15) is 11.1 Å². The molecule has 1 aromatic carbocycles. The lowest BCUT2D eigenvalue weighted by atomic mass is 10.2. The molecule has 1 aromatic heterocycles. The third-order valence-electron chi connectivity index (χ3n) is 3.84. The van der Waals surface area contributed by atoms with Gasteiger partial charge in [-0.15, -0.1) is 11.3 Å². The predicted octanol–water partition coefficient (Wildman–Crippen LogP) is 2.29. The Morgan fingerprint density at radius 2 is 2.13 bits per heavy atom. The second-order valence-corrected chi connectivity index (χ2v) is 8.26. The van der Waals surface area contributed by atoms with E-state index < -0.39 is 21.1 Å². The smallest absolute Gasteiger partial charge is 0.219 e. The topological polar surface area (TPSA) is 58.6 Å². The number of sulfonamides is 1. The minimum absolute atomic E-state index is 0.0751. The summed E-state index contributed by atoms with van der Waals surface area (Å²) in [5.41, 5.74) is 0.316. The Labute approximate surface area is 138 Å². The average molecular weight is 356 g/mol. The average Bonchev–Trinajstić information content (AvgIpc) is 3.15. The molecule has 2 heterocycles. The van der Waals surface area contributed by atoms with E-state index in [1.54, 1.807) is 30.3 Å². The highest BCUT2D eigenvalue weighted by molar-refractivity contribution is 7.90. The lowest BCUT2D eigenvalue weighted by Gasteiger charge is -2.21. The molecule has 0 saturated carbocycles. The SMILES string of the molecule is CN1OCC(S(=O)(=O)NCc2ccccc2F)C1c1cccs1. The minimum Gasteiger partial charge on any atom is -0.297 e. The van der Waals surface area contributed by atoms with Crippen molar-refractivity contribution < 1.29 is 17.6 Å². The van der Waals surface area contributed by atoms with Crippen LogP contribution >= 0.6 is 11.3 Å². The molecule has 0 amide bonds. The number of rotatable bonds is 5. The first-order valence-corrected chi connectivity index (χ1v) is 9.52. The Morgan fingerprint density at radius 3 is 2.83 bits per heavy atom. The first-order valence-electron chi connectivity index (χ1n) is 7.10. The number of halogens is 1. The maximum atomic E-state index is 13.6. The summed E-state index contributed by atoms with van der Waals surface area (Å²) in [5.74, 6) is -0.426. The first-order chi connectivity index (χ1) is 11.0. The van der Waals surface area contributed by atoms with E-state index in [-0.39, 0.29) is 19.2 Å². The Hall–Kier alpha value is -1.32. The van der Waals surface area contributed by atoms with Gasteiger partial charge in [0.25, 0.3) is 0 Å². The van der Waals surface area contributed by atoms with Gasteiger partial charge in [-0.3, -0.25) is 4.84 Å². The van der Waals surface area contributed by atoms with Crippen molar-refractivity contribution in [1.82, 2.24) is 9.79 Å². The van der Waals surface area contributed by atoms with Crippen LogP contribution < -0.4 is 4.72 Å². The van der Waals surface area contributed by atoms with Crippen molar-refractivity contribution in [2.75, 3.05) is 13.7 Å². The third kappa shape index (κ3) is 3.46. The molecule has 1 fully saturated rings. The van der Waals surface area contributed by atoms with E-state index in [1.807, 2.05) is 17.5 Å². The fourth-order valence-corrected chi connectivity index (χ4v) is 5.08. The summed E-state index contributed by atoms with van der Waals surface area (Å²) in [7, 11) is -1.94. The van der Waals surface area contributed by atoms with Crippen LogP contribution in [0.1, 0.15) is 16.5 Å². The van der Waals surface area contributed by atoms with Gasteiger partial charge >= 0.3 is 0 Å². The van der Waals surface area contributed by atoms with Gasteiger partial charge in [-0.05, 0) is 17.5 Å². The van der Waals surface area contributed by atoms with E-state index in [0.29, 0.717) is 5.56 Å². The molecule has 124 valence electrons. The number of hydrogen-bond acceptors (Lipinski definition) is 5. The Kier molecular flexibility index (Phi) is 4.79. The highest BCUT2D eigenvalue weighted by atomic mass is 32.2. The normalized spacial score (nSPS) is 22.5. The van der Waals surface area contributed by atoms with Crippen molar-refractivity contribution in [3.05, 3.63) is 58.0 Å². The number of thiophene rings is 1. The first kappa shape index (κ1) is 16.5. The predicted molar refractivity (Wildman–Crippen MR) is 86.7 cm³/mol. The van der Waals surface area contributed by atoms with Gasteiger partial charge in [0.2, 0.25) is 10.0 Å². The standard InChI is InChI=1S/C15H17FN2O3S2/c1-18-15(13-7-4-8-22-13)14(10-21-18)23(19,20)17-9-11-5-2-3-6-12(11)16/h2-8,14-15,17H,9-10H2,1H3. The molecular weight excluding hydrogens is 339 g/mol. The zero-order valence-corrected chi connectivity index (χ0v) is 14.1. The van der Waals surface area contributed by atoms with Gasteiger partial charge in [0, 0.05) is 24.0 Å². The van der Waals surface area contributed by atoms with E-state index in [9.17, 15) is 12.8 Å². The number of nitrogens with one attached hydrogen (secondary N) is 1. The fourth-order valence-electron chi connectivity index (χ4n) is 2.60. The van der Waals surface area contributed by atoms with Crippen molar-refractivity contribution in [3.8, 4) is 0 Å². The van der Waals surface area contributed by atoms with Gasteiger partial charge < -0.3 is 0 Å². The molecule has 1 aliphatic heterocycles. The van der Waals surface area contributed by atoms with Crippen LogP contribution in [-0.4, -0.2) is 32.4 Å². The maximum Gasteiger partial charge on any atom is 0.219 e. The monoisotopic (exact) mass is 356 g/mol. The molecule has 23 heavy (non-hydrogen) atoms. The van der Waals surface area contributed by atoms with Gasteiger partial charge in [0.15, 0.2) is 0 Å². The van der Waals surface area contributed by atoms with Crippen LogP contribution in [0.5, 0.6) is 0 Å². The second kappa shape index (κ2) is 6.66. The lowest BCUT2D eigenvalue weighted by Crippen LogP contribution is -2.38. The number of nitrogens with zero attached hydrogens (tertiary/aromatic N) is 1. The fraction of sp³-hybridized carbons (Fsp3) is 0.333. The van der Waals surface area contributed by atoms with Crippen LogP contribution in [0.3, 0.4) is 0 Å². The van der Waals surface area contributed by atoms with Crippen molar-refractivity contribution in [2.45, 2.75) is 17.8 Å². The zero-order chi connectivity index (χ0) is 16.4. The van der Waals surface area contributed by atoms with Gasteiger partial charge in [-0.1, -0.05) is 24.3 Å². The van der Waals surface area contributed by atoms with E-state index >= 15 is 0 Å². The highest BCUT2D eigenvalue weighted by Crippen LogP contribution is 2.35. The summed E-state index contributed by atoms with van der Waals surface area (Å²) in [5, 5.41) is 2.73. The van der Waals surface area contributed by atoms with E-state index in [1.165, 1.54) is 17.4 Å². The van der Waals surface area contributed by atoms with Crippen molar-refractivity contribution in [1.29, 1.82) is 0 Å². The molecule has 2 unspecified atom stereocenters. The second-order valence-electron chi connectivity index (χ2n) is 5.30. The van der Waals surface area contributed by atoms with Crippen molar-refractivity contribution in [3.63, 3.8) is 0 Å². The summed E-state index contributed by atoms with van der Waals surface area (Å²) < 4.78 is 41.4. The van der Waals surface area contributed by atoms with Gasteiger partial charge in [-0.25, -0.2) is 17.5 Å². The largest absolute Gasteiger partial charge is 0.297 e. The van der Waals surface area contributed by atoms with Crippen LogP contribution in [-0.2, 0) is 21.4 Å². The molecule has 1 saturated heterocycles. The molecule has 8 heteroatoms. The number of hydrogen-bond donors (Lipinski definition) is 1. The third-order valence-corrected chi connectivity index (χ3v) is 6.52. The summed E-state index contributed by atoms with van der Waals surface area (Å²) in [6.07, 6.45) is 0. The van der Waals surface area contributed by atoms with Crippen LogP contribution in [0, 0.1) is 5.82 Å². The van der Waals surface area contributed by atoms with Crippen LogP contribution in [0.15, 0.2) is 41.8 Å². The molecule has 1 aliphatic rings. The Morgan fingerprint density at radius 1 is 1.35 bits per heavy atom. The lowest BCUT2D eigenvalue weighted by molar-refractivity contribution is -0.110.